The third-order valence-corrected chi connectivity index (χ3v) is 5.54. The third kappa shape index (κ3) is 3.46. The van der Waals surface area contributed by atoms with Crippen LogP contribution in [0.15, 0.2) is 24.3 Å². The number of halogens is 1. The van der Waals surface area contributed by atoms with Crippen LogP contribution in [0.25, 0.3) is 0 Å². The van der Waals surface area contributed by atoms with E-state index in [9.17, 15) is 0 Å². The molecule has 2 nitrogen and oxygen atoms in total. The fourth-order valence-corrected chi connectivity index (χ4v) is 4.43. The molecule has 2 aliphatic heterocycles. The molecule has 2 heterocycles. The Bertz CT molecular complexity index is 417. The van der Waals surface area contributed by atoms with Crippen molar-refractivity contribution in [2.75, 3.05) is 18.1 Å². The van der Waals surface area contributed by atoms with E-state index in [0.717, 1.165) is 31.0 Å². The second kappa shape index (κ2) is 6.04. The van der Waals surface area contributed by atoms with Crippen LogP contribution in [0.5, 0.6) is 0 Å². The highest BCUT2D eigenvalue weighted by atomic mass is 35.5. The molecular formula is C15H20ClNOS. The van der Waals surface area contributed by atoms with Gasteiger partial charge in [-0.1, -0.05) is 23.7 Å². The number of nitrogens with one attached hydrogen (secondary N) is 1. The Morgan fingerprint density at radius 3 is 2.95 bits per heavy atom. The van der Waals surface area contributed by atoms with Gasteiger partial charge in [0.1, 0.15) is 0 Å². The summed E-state index contributed by atoms with van der Waals surface area (Å²) in [6.45, 7) is 1.82. The SMILES string of the molecule is Clc1ccc(CNC2CCOC3(CCSC3)C2)cc1. The highest BCUT2D eigenvalue weighted by molar-refractivity contribution is 7.99. The minimum absolute atomic E-state index is 0.167. The molecule has 0 radical (unpaired) electrons. The first kappa shape index (κ1) is 13.7. The predicted molar refractivity (Wildman–Crippen MR) is 81.9 cm³/mol. The van der Waals surface area contributed by atoms with Crippen molar-refractivity contribution in [3.8, 4) is 0 Å². The van der Waals surface area contributed by atoms with Crippen LogP contribution in [0.1, 0.15) is 24.8 Å². The lowest BCUT2D eigenvalue weighted by Crippen LogP contribution is -2.47. The van der Waals surface area contributed by atoms with Crippen LogP contribution >= 0.6 is 23.4 Å². The van der Waals surface area contributed by atoms with Gasteiger partial charge in [-0.2, -0.15) is 11.8 Å². The van der Waals surface area contributed by atoms with Crippen LogP contribution in [-0.2, 0) is 11.3 Å². The Balaban J connectivity index is 1.53. The zero-order valence-corrected chi connectivity index (χ0v) is 12.6. The fourth-order valence-electron chi connectivity index (χ4n) is 2.93. The maximum atomic E-state index is 6.05. The average molecular weight is 298 g/mol. The summed E-state index contributed by atoms with van der Waals surface area (Å²) in [4.78, 5) is 0. The van der Waals surface area contributed by atoms with E-state index in [4.69, 9.17) is 16.3 Å². The number of ether oxygens (including phenoxy) is 1. The molecule has 2 atom stereocenters. The van der Waals surface area contributed by atoms with E-state index in [-0.39, 0.29) is 5.60 Å². The summed E-state index contributed by atoms with van der Waals surface area (Å²) in [7, 11) is 0. The topological polar surface area (TPSA) is 21.3 Å². The van der Waals surface area contributed by atoms with Gasteiger partial charge in [0.05, 0.1) is 5.60 Å². The van der Waals surface area contributed by atoms with E-state index < -0.39 is 0 Å². The molecule has 1 aromatic rings. The molecule has 2 aliphatic rings. The smallest absolute Gasteiger partial charge is 0.0795 e. The largest absolute Gasteiger partial charge is 0.374 e. The number of benzene rings is 1. The summed E-state index contributed by atoms with van der Waals surface area (Å²) in [6.07, 6.45) is 3.50. The van der Waals surface area contributed by atoms with E-state index in [0.29, 0.717) is 6.04 Å². The minimum atomic E-state index is 0.167. The molecule has 1 aromatic carbocycles. The van der Waals surface area contributed by atoms with Crippen LogP contribution in [0.4, 0.5) is 0 Å². The van der Waals surface area contributed by atoms with Gasteiger partial charge in [-0.05, 0) is 42.7 Å². The van der Waals surface area contributed by atoms with Crippen molar-refractivity contribution in [1.82, 2.24) is 5.32 Å². The van der Waals surface area contributed by atoms with E-state index in [2.05, 4.69) is 17.4 Å². The monoisotopic (exact) mass is 297 g/mol. The van der Waals surface area contributed by atoms with Crippen molar-refractivity contribution in [3.05, 3.63) is 34.9 Å². The molecule has 2 fully saturated rings. The molecule has 1 spiro atoms. The highest BCUT2D eigenvalue weighted by Gasteiger charge is 2.40. The van der Waals surface area contributed by atoms with Gasteiger partial charge >= 0.3 is 0 Å². The number of hydrogen-bond acceptors (Lipinski definition) is 3. The van der Waals surface area contributed by atoms with Gasteiger partial charge in [0.2, 0.25) is 0 Å². The first-order valence-corrected chi connectivity index (χ1v) is 8.49. The standard InChI is InChI=1S/C15H20ClNOS/c16-13-3-1-12(2-4-13)10-17-14-5-7-18-15(9-14)6-8-19-11-15/h1-4,14,17H,5-11H2. The normalized spacial score (nSPS) is 30.9. The van der Waals surface area contributed by atoms with Gasteiger partial charge < -0.3 is 10.1 Å². The summed E-state index contributed by atoms with van der Waals surface area (Å²) in [6, 6.07) is 8.68. The van der Waals surface area contributed by atoms with Crippen molar-refractivity contribution in [2.24, 2.45) is 0 Å². The quantitative estimate of drug-likeness (QED) is 0.923. The van der Waals surface area contributed by atoms with Crippen molar-refractivity contribution >= 4 is 23.4 Å². The molecule has 0 amide bonds. The molecule has 19 heavy (non-hydrogen) atoms. The van der Waals surface area contributed by atoms with Crippen LogP contribution in [0, 0.1) is 0 Å². The molecule has 2 unspecified atom stereocenters. The number of thioether (sulfide) groups is 1. The lowest BCUT2D eigenvalue weighted by Gasteiger charge is -2.38. The second-order valence-corrected chi connectivity index (χ2v) is 7.07. The fraction of sp³-hybridized carbons (Fsp3) is 0.600. The number of rotatable bonds is 3. The van der Waals surface area contributed by atoms with Gasteiger partial charge in [0.15, 0.2) is 0 Å². The Labute approximate surface area is 124 Å². The predicted octanol–water partition coefficient (Wildman–Crippen LogP) is 3.48. The zero-order valence-electron chi connectivity index (χ0n) is 11.0. The summed E-state index contributed by atoms with van der Waals surface area (Å²) in [5.74, 6) is 2.43. The Hall–Kier alpha value is -0.220. The molecule has 0 aromatic heterocycles. The molecule has 4 heteroatoms. The molecule has 104 valence electrons. The Morgan fingerprint density at radius 1 is 1.37 bits per heavy atom. The zero-order chi connectivity index (χ0) is 13.1. The minimum Gasteiger partial charge on any atom is -0.374 e. The molecule has 0 bridgehead atoms. The lowest BCUT2D eigenvalue weighted by atomic mass is 9.90. The molecule has 0 aliphatic carbocycles. The van der Waals surface area contributed by atoms with Gasteiger partial charge in [-0.15, -0.1) is 0 Å². The summed E-state index contributed by atoms with van der Waals surface area (Å²) < 4.78 is 6.05. The first-order valence-electron chi connectivity index (χ1n) is 6.95. The van der Waals surface area contributed by atoms with E-state index in [1.54, 1.807) is 0 Å². The van der Waals surface area contributed by atoms with Crippen molar-refractivity contribution in [2.45, 2.75) is 37.5 Å². The van der Waals surface area contributed by atoms with E-state index in [1.165, 1.54) is 23.5 Å². The maximum absolute atomic E-state index is 6.05. The average Bonchev–Trinajstić information content (AvgIpc) is 2.86. The Morgan fingerprint density at radius 2 is 2.21 bits per heavy atom. The third-order valence-electron chi connectivity index (χ3n) is 4.07. The van der Waals surface area contributed by atoms with Gasteiger partial charge in [-0.3, -0.25) is 0 Å². The van der Waals surface area contributed by atoms with Crippen molar-refractivity contribution in [3.63, 3.8) is 0 Å². The van der Waals surface area contributed by atoms with Crippen LogP contribution in [0.2, 0.25) is 5.02 Å². The van der Waals surface area contributed by atoms with E-state index in [1.807, 2.05) is 23.9 Å². The first-order chi connectivity index (χ1) is 9.26. The van der Waals surface area contributed by atoms with Crippen molar-refractivity contribution < 1.29 is 4.74 Å². The molecular weight excluding hydrogens is 278 g/mol. The van der Waals surface area contributed by atoms with E-state index >= 15 is 0 Å². The summed E-state index contributed by atoms with van der Waals surface area (Å²) in [5, 5.41) is 4.48. The summed E-state index contributed by atoms with van der Waals surface area (Å²) >= 11 is 7.93. The maximum Gasteiger partial charge on any atom is 0.0795 e. The van der Waals surface area contributed by atoms with Gasteiger partial charge in [0.25, 0.3) is 0 Å². The van der Waals surface area contributed by atoms with Crippen molar-refractivity contribution in [1.29, 1.82) is 0 Å². The van der Waals surface area contributed by atoms with Crippen LogP contribution in [-0.4, -0.2) is 29.8 Å². The molecule has 3 rings (SSSR count). The Kier molecular flexibility index (Phi) is 4.37. The number of hydrogen-bond donors (Lipinski definition) is 1. The second-order valence-electron chi connectivity index (χ2n) is 5.53. The summed E-state index contributed by atoms with van der Waals surface area (Å²) in [5.41, 5.74) is 1.46. The van der Waals surface area contributed by atoms with Gasteiger partial charge in [-0.25, -0.2) is 0 Å². The molecule has 2 saturated heterocycles. The van der Waals surface area contributed by atoms with Crippen LogP contribution < -0.4 is 5.32 Å². The lowest BCUT2D eigenvalue weighted by molar-refractivity contribution is -0.0703. The molecule has 0 saturated carbocycles. The highest BCUT2D eigenvalue weighted by Crippen LogP contribution is 2.38. The van der Waals surface area contributed by atoms with Crippen LogP contribution in [0.3, 0.4) is 0 Å². The molecule has 1 N–H and O–H groups in total. The van der Waals surface area contributed by atoms with Gasteiger partial charge in [0, 0.05) is 30.0 Å².